The molecule has 2 aromatic carbocycles. The fourth-order valence-electron chi connectivity index (χ4n) is 1.92. The van der Waals surface area contributed by atoms with E-state index in [1.807, 2.05) is 0 Å². The fraction of sp³-hybridized carbons (Fsp3) is 0.133. The fourth-order valence-corrected chi connectivity index (χ4v) is 2.27. The van der Waals surface area contributed by atoms with Crippen molar-refractivity contribution in [2.24, 2.45) is 0 Å². The van der Waals surface area contributed by atoms with E-state index in [2.05, 4.69) is 15.9 Å². The van der Waals surface area contributed by atoms with Crippen molar-refractivity contribution in [1.82, 2.24) is 0 Å². The molecule has 0 bridgehead atoms. The summed E-state index contributed by atoms with van der Waals surface area (Å²) >= 11 is 3.22. The van der Waals surface area contributed by atoms with Gasteiger partial charge in [-0.05, 0) is 43.3 Å². The number of phenolic OH excluding ortho intramolecular Hbond substituents is 1. The predicted octanol–water partition coefficient (Wildman–Crippen LogP) is 3.96. The number of hydrogen-bond donors (Lipinski definition) is 1. The molecule has 104 valence electrons. The van der Waals surface area contributed by atoms with Crippen LogP contribution >= 0.6 is 15.9 Å². The number of rotatable bonds is 3. The molecule has 0 saturated heterocycles. The third-order valence-corrected chi connectivity index (χ3v) is 3.36. The van der Waals surface area contributed by atoms with E-state index in [0.717, 1.165) is 0 Å². The number of amides is 1. The number of nitrogens with zero attached hydrogens (tertiary/aromatic N) is 1. The van der Waals surface area contributed by atoms with Crippen molar-refractivity contribution in [1.29, 1.82) is 0 Å². The lowest BCUT2D eigenvalue weighted by Crippen LogP contribution is -2.30. The first-order valence-electron chi connectivity index (χ1n) is 6.09. The average Bonchev–Trinajstić information content (AvgIpc) is 2.39. The molecule has 1 N–H and O–H groups in total. The lowest BCUT2D eigenvalue weighted by Gasteiger charge is -2.21. The second-order valence-corrected chi connectivity index (χ2v) is 5.11. The van der Waals surface area contributed by atoms with Crippen LogP contribution in [0.5, 0.6) is 5.75 Å². The Labute approximate surface area is 124 Å². The highest BCUT2D eigenvalue weighted by atomic mass is 79.9. The Morgan fingerprint density at radius 1 is 1.30 bits per heavy atom. The zero-order chi connectivity index (χ0) is 14.7. The third-order valence-electron chi connectivity index (χ3n) is 2.87. The molecule has 2 rings (SSSR count). The summed E-state index contributed by atoms with van der Waals surface area (Å²) in [6.45, 7) is 2.16. The predicted molar refractivity (Wildman–Crippen MR) is 79.6 cm³/mol. The highest BCUT2D eigenvalue weighted by molar-refractivity contribution is 9.10. The molecule has 0 atom stereocenters. The molecule has 0 aliphatic rings. The average molecular weight is 338 g/mol. The van der Waals surface area contributed by atoms with Crippen LogP contribution in [0.25, 0.3) is 0 Å². The summed E-state index contributed by atoms with van der Waals surface area (Å²) in [5.41, 5.74) is 0.638. The maximum absolute atomic E-state index is 13.3. The Balaban J connectivity index is 2.39. The van der Waals surface area contributed by atoms with Crippen molar-refractivity contribution in [3.8, 4) is 5.75 Å². The first-order chi connectivity index (χ1) is 9.52. The molecule has 0 spiro atoms. The molecule has 0 unspecified atom stereocenters. The maximum atomic E-state index is 13.3. The van der Waals surface area contributed by atoms with Crippen LogP contribution in [0.1, 0.15) is 17.3 Å². The number of carbonyl (C=O) groups excluding carboxylic acids is 1. The molecule has 0 aliphatic carbocycles. The number of carbonyl (C=O) groups is 1. The van der Waals surface area contributed by atoms with E-state index in [4.69, 9.17) is 0 Å². The van der Waals surface area contributed by atoms with Gasteiger partial charge >= 0.3 is 0 Å². The summed E-state index contributed by atoms with van der Waals surface area (Å²) in [5.74, 6) is -0.892. The van der Waals surface area contributed by atoms with Crippen molar-refractivity contribution < 1.29 is 14.3 Å². The summed E-state index contributed by atoms with van der Waals surface area (Å²) in [4.78, 5) is 13.9. The highest BCUT2D eigenvalue weighted by Gasteiger charge is 2.19. The number of anilines is 1. The van der Waals surface area contributed by atoms with Gasteiger partial charge in [0.1, 0.15) is 11.6 Å². The van der Waals surface area contributed by atoms with E-state index < -0.39 is 5.82 Å². The molecule has 3 nitrogen and oxygen atoms in total. The third kappa shape index (κ3) is 2.99. The second kappa shape index (κ2) is 6.05. The molecule has 0 heterocycles. The Bertz CT molecular complexity index is 646. The quantitative estimate of drug-likeness (QED) is 0.920. The number of benzene rings is 2. The molecular weight excluding hydrogens is 325 g/mol. The van der Waals surface area contributed by atoms with Gasteiger partial charge in [-0.15, -0.1) is 0 Å². The number of aromatic hydroxyl groups is 1. The van der Waals surface area contributed by atoms with E-state index in [-0.39, 0.29) is 17.2 Å². The van der Waals surface area contributed by atoms with Crippen LogP contribution in [0.2, 0.25) is 0 Å². The Morgan fingerprint density at radius 2 is 2.05 bits per heavy atom. The van der Waals surface area contributed by atoms with Gasteiger partial charge in [-0.2, -0.15) is 0 Å². The van der Waals surface area contributed by atoms with Crippen LogP contribution in [0.4, 0.5) is 10.1 Å². The van der Waals surface area contributed by atoms with E-state index in [1.165, 1.54) is 29.2 Å². The van der Waals surface area contributed by atoms with Gasteiger partial charge in [0, 0.05) is 16.7 Å². The molecule has 0 aromatic heterocycles. The number of halogens is 2. The van der Waals surface area contributed by atoms with Crippen LogP contribution in [-0.4, -0.2) is 17.6 Å². The Morgan fingerprint density at radius 3 is 2.65 bits per heavy atom. The monoisotopic (exact) mass is 337 g/mol. The minimum Gasteiger partial charge on any atom is -0.507 e. The van der Waals surface area contributed by atoms with E-state index in [0.29, 0.717) is 16.7 Å². The minimum atomic E-state index is -0.409. The second-order valence-electron chi connectivity index (χ2n) is 4.19. The Kier molecular flexibility index (Phi) is 4.39. The van der Waals surface area contributed by atoms with Gasteiger partial charge in [-0.25, -0.2) is 4.39 Å². The number of hydrogen-bond acceptors (Lipinski definition) is 2. The molecule has 20 heavy (non-hydrogen) atoms. The lowest BCUT2D eigenvalue weighted by atomic mass is 10.1. The minimum absolute atomic E-state index is 0.112. The van der Waals surface area contributed by atoms with Gasteiger partial charge in [-0.1, -0.05) is 22.0 Å². The molecule has 0 radical (unpaired) electrons. The standard InChI is InChI=1S/C15H13BrFNO2/c1-2-18(12-5-3-4-11(17)9-12)15(20)13-7-6-10(16)8-14(13)19/h3-9,19H,2H2,1H3. The van der Waals surface area contributed by atoms with Gasteiger partial charge in [0.15, 0.2) is 0 Å². The number of phenols is 1. The normalized spacial score (nSPS) is 10.3. The van der Waals surface area contributed by atoms with Gasteiger partial charge in [0.2, 0.25) is 0 Å². The SMILES string of the molecule is CCN(C(=O)c1ccc(Br)cc1O)c1cccc(F)c1. The molecule has 2 aromatic rings. The van der Waals surface area contributed by atoms with Crippen molar-refractivity contribution in [2.45, 2.75) is 6.92 Å². The van der Waals surface area contributed by atoms with Gasteiger partial charge in [0.25, 0.3) is 5.91 Å². The van der Waals surface area contributed by atoms with Crippen LogP contribution in [-0.2, 0) is 0 Å². The van der Waals surface area contributed by atoms with Crippen molar-refractivity contribution in [2.75, 3.05) is 11.4 Å². The van der Waals surface area contributed by atoms with Crippen LogP contribution < -0.4 is 4.90 Å². The first kappa shape index (κ1) is 14.5. The van der Waals surface area contributed by atoms with E-state index in [1.54, 1.807) is 25.1 Å². The van der Waals surface area contributed by atoms with Crippen LogP contribution in [0, 0.1) is 5.82 Å². The smallest absolute Gasteiger partial charge is 0.262 e. The summed E-state index contributed by atoms with van der Waals surface area (Å²) in [6.07, 6.45) is 0. The van der Waals surface area contributed by atoms with Crippen LogP contribution in [0.15, 0.2) is 46.9 Å². The van der Waals surface area contributed by atoms with Crippen LogP contribution in [0.3, 0.4) is 0 Å². The maximum Gasteiger partial charge on any atom is 0.262 e. The van der Waals surface area contributed by atoms with Crippen molar-refractivity contribution in [3.05, 3.63) is 58.3 Å². The summed E-state index contributed by atoms with van der Waals surface area (Å²) in [5, 5.41) is 9.86. The lowest BCUT2D eigenvalue weighted by molar-refractivity contribution is 0.0985. The molecule has 1 amide bonds. The summed E-state index contributed by atoms with van der Waals surface area (Å²) < 4.78 is 13.9. The van der Waals surface area contributed by atoms with Crippen molar-refractivity contribution >= 4 is 27.5 Å². The molecule has 0 saturated carbocycles. The van der Waals surface area contributed by atoms with Gasteiger partial charge in [-0.3, -0.25) is 4.79 Å². The van der Waals surface area contributed by atoms with Gasteiger partial charge in [0.05, 0.1) is 5.56 Å². The van der Waals surface area contributed by atoms with E-state index >= 15 is 0 Å². The molecule has 5 heteroatoms. The zero-order valence-corrected chi connectivity index (χ0v) is 12.4. The van der Waals surface area contributed by atoms with E-state index in [9.17, 15) is 14.3 Å². The molecular formula is C15H13BrFNO2. The molecule has 0 fully saturated rings. The summed E-state index contributed by atoms with van der Waals surface area (Å²) in [7, 11) is 0. The largest absolute Gasteiger partial charge is 0.507 e. The summed E-state index contributed by atoms with van der Waals surface area (Å²) in [6, 6.07) is 10.5. The topological polar surface area (TPSA) is 40.5 Å². The Hall–Kier alpha value is -1.88. The van der Waals surface area contributed by atoms with Crippen molar-refractivity contribution in [3.63, 3.8) is 0 Å². The van der Waals surface area contributed by atoms with Gasteiger partial charge < -0.3 is 10.0 Å². The highest BCUT2D eigenvalue weighted by Crippen LogP contribution is 2.26. The first-order valence-corrected chi connectivity index (χ1v) is 6.88. The zero-order valence-electron chi connectivity index (χ0n) is 10.8. The molecule has 0 aliphatic heterocycles.